The fourth-order valence-corrected chi connectivity index (χ4v) is 4.69. The van der Waals surface area contributed by atoms with Crippen LogP contribution in [0.25, 0.3) is 0 Å². The average Bonchev–Trinajstić information content (AvgIpc) is 3.40. The second-order valence-corrected chi connectivity index (χ2v) is 8.62. The van der Waals surface area contributed by atoms with Gasteiger partial charge in [0.1, 0.15) is 12.6 Å². The lowest BCUT2D eigenvalue weighted by Crippen LogP contribution is -2.52. The lowest BCUT2D eigenvalue weighted by Gasteiger charge is -2.29. The van der Waals surface area contributed by atoms with Gasteiger partial charge in [-0.2, -0.15) is 0 Å². The van der Waals surface area contributed by atoms with Crippen molar-refractivity contribution in [3.63, 3.8) is 0 Å². The molecule has 4 amide bonds. The SMILES string of the molecule is O=C1CCC(N2Cc3c(NC(=O)Cn4cc(C5CCCCN5)nn4)cccc3C2=O)C(=O)N1. The minimum atomic E-state index is -0.701. The molecule has 1 aromatic heterocycles. The van der Waals surface area contributed by atoms with Gasteiger partial charge in [-0.25, -0.2) is 4.68 Å². The van der Waals surface area contributed by atoms with Crippen LogP contribution in [0.3, 0.4) is 0 Å². The fourth-order valence-electron chi connectivity index (χ4n) is 4.69. The molecule has 3 N–H and O–H groups in total. The Morgan fingerprint density at radius 1 is 1.18 bits per heavy atom. The van der Waals surface area contributed by atoms with Crippen LogP contribution in [0.15, 0.2) is 24.4 Å². The van der Waals surface area contributed by atoms with Gasteiger partial charge in [0.05, 0.1) is 17.9 Å². The molecule has 0 spiro atoms. The summed E-state index contributed by atoms with van der Waals surface area (Å²) in [5.74, 6) is -1.36. The largest absolute Gasteiger partial charge is 0.324 e. The molecule has 2 aromatic rings. The third kappa shape index (κ3) is 4.23. The molecule has 2 atom stereocenters. The van der Waals surface area contributed by atoms with Gasteiger partial charge >= 0.3 is 0 Å². The molecule has 0 radical (unpaired) electrons. The molecule has 33 heavy (non-hydrogen) atoms. The number of aromatic nitrogens is 3. The van der Waals surface area contributed by atoms with Crippen LogP contribution in [0.5, 0.6) is 0 Å². The molecule has 0 bridgehead atoms. The summed E-state index contributed by atoms with van der Waals surface area (Å²) in [5.41, 5.74) is 2.46. The van der Waals surface area contributed by atoms with E-state index in [-0.39, 0.29) is 49.7 Å². The molecule has 3 aliphatic rings. The molecule has 0 aliphatic carbocycles. The number of fused-ring (bicyclic) bond motifs is 1. The van der Waals surface area contributed by atoms with Crippen LogP contribution in [0.4, 0.5) is 5.69 Å². The first-order valence-electron chi connectivity index (χ1n) is 11.2. The Hall–Kier alpha value is -3.60. The quantitative estimate of drug-likeness (QED) is 0.563. The summed E-state index contributed by atoms with van der Waals surface area (Å²) in [7, 11) is 0. The number of piperidine rings is 2. The summed E-state index contributed by atoms with van der Waals surface area (Å²) >= 11 is 0. The van der Waals surface area contributed by atoms with Crippen LogP contribution in [0.2, 0.25) is 0 Å². The van der Waals surface area contributed by atoms with Gasteiger partial charge in [0.2, 0.25) is 17.7 Å². The number of hydrogen-bond acceptors (Lipinski definition) is 7. The number of carbonyl (C=O) groups excluding carboxylic acids is 4. The highest BCUT2D eigenvalue weighted by Crippen LogP contribution is 2.32. The summed E-state index contributed by atoms with van der Waals surface area (Å²) in [5, 5.41) is 16.8. The summed E-state index contributed by atoms with van der Waals surface area (Å²) in [6, 6.07) is 4.57. The monoisotopic (exact) mass is 451 g/mol. The molecule has 3 aliphatic heterocycles. The van der Waals surface area contributed by atoms with Gasteiger partial charge in [-0.05, 0) is 37.9 Å². The van der Waals surface area contributed by atoms with Crippen molar-refractivity contribution in [1.82, 2.24) is 30.5 Å². The number of imide groups is 1. The van der Waals surface area contributed by atoms with Crippen LogP contribution in [-0.2, 0) is 27.5 Å². The van der Waals surface area contributed by atoms with Crippen LogP contribution >= 0.6 is 0 Å². The van der Waals surface area contributed by atoms with E-state index in [1.165, 1.54) is 9.58 Å². The first-order chi connectivity index (χ1) is 16.0. The van der Waals surface area contributed by atoms with Crippen molar-refractivity contribution in [2.24, 2.45) is 0 Å². The molecule has 172 valence electrons. The fraction of sp³-hybridized carbons (Fsp3) is 0.455. The molecule has 2 unspecified atom stereocenters. The molecule has 2 saturated heterocycles. The number of nitrogens with one attached hydrogen (secondary N) is 3. The van der Waals surface area contributed by atoms with Crippen LogP contribution in [0.1, 0.15) is 59.8 Å². The van der Waals surface area contributed by atoms with E-state index in [0.29, 0.717) is 16.8 Å². The van der Waals surface area contributed by atoms with Gasteiger partial charge in [0, 0.05) is 29.8 Å². The Labute approximate surface area is 189 Å². The minimum Gasteiger partial charge on any atom is -0.324 e. The van der Waals surface area contributed by atoms with E-state index < -0.39 is 11.9 Å². The zero-order valence-electron chi connectivity index (χ0n) is 18.0. The third-order valence-electron chi connectivity index (χ3n) is 6.39. The first kappa shape index (κ1) is 21.3. The van der Waals surface area contributed by atoms with Gasteiger partial charge in [-0.3, -0.25) is 24.5 Å². The van der Waals surface area contributed by atoms with Gasteiger partial charge in [-0.15, -0.1) is 5.10 Å². The summed E-state index contributed by atoms with van der Waals surface area (Å²) in [6.07, 6.45) is 5.55. The van der Waals surface area contributed by atoms with Gasteiger partial charge in [-0.1, -0.05) is 17.7 Å². The maximum atomic E-state index is 12.9. The Morgan fingerprint density at radius 2 is 2.06 bits per heavy atom. The van der Waals surface area contributed by atoms with Gasteiger partial charge < -0.3 is 15.5 Å². The molecule has 5 rings (SSSR count). The number of benzene rings is 1. The topological polar surface area (TPSA) is 138 Å². The van der Waals surface area contributed by atoms with E-state index in [4.69, 9.17) is 0 Å². The lowest BCUT2D eigenvalue weighted by molar-refractivity contribution is -0.137. The molecule has 0 saturated carbocycles. The van der Waals surface area contributed by atoms with Crippen LogP contribution in [0, 0.1) is 0 Å². The normalized spacial score (nSPS) is 22.8. The minimum absolute atomic E-state index is 0.00576. The number of rotatable bonds is 5. The summed E-state index contributed by atoms with van der Waals surface area (Å²) in [4.78, 5) is 50.8. The van der Waals surface area contributed by atoms with E-state index in [9.17, 15) is 19.2 Å². The number of anilines is 1. The van der Waals surface area contributed by atoms with E-state index in [2.05, 4.69) is 26.3 Å². The zero-order valence-corrected chi connectivity index (χ0v) is 18.0. The predicted molar refractivity (Wildman–Crippen MR) is 116 cm³/mol. The Morgan fingerprint density at radius 3 is 2.85 bits per heavy atom. The molecular formula is C22H25N7O4. The van der Waals surface area contributed by atoms with Crippen LogP contribution in [-0.4, -0.2) is 56.1 Å². The Bertz CT molecular complexity index is 1120. The molecule has 11 heteroatoms. The predicted octanol–water partition coefficient (Wildman–Crippen LogP) is 0.492. The molecule has 4 heterocycles. The third-order valence-corrected chi connectivity index (χ3v) is 6.39. The summed E-state index contributed by atoms with van der Waals surface area (Å²) < 4.78 is 1.50. The summed E-state index contributed by atoms with van der Waals surface area (Å²) in [6.45, 7) is 1.14. The van der Waals surface area contributed by atoms with Crippen molar-refractivity contribution < 1.29 is 19.2 Å². The molecule has 11 nitrogen and oxygen atoms in total. The smallest absolute Gasteiger partial charge is 0.255 e. The van der Waals surface area contributed by atoms with Crippen LogP contribution < -0.4 is 16.0 Å². The maximum Gasteiger partial charge on any atom is 0.255 e. The highest BCUT2D eigenvalue weighted by molar-refractivity contribution is 6.06. The molecule has 2 fully saturated rings. The Kier molecular flexibility index (Phi) is 5.63. The molecular weight excluding hydrogens is 426 g/mol. The van der Waals surface area contributed by atoms with Crippen molar-refractivity contribution in [3.05, 3.63) is 41.2 Å². The number of nitrogens with zero attached hydrogens (tertiary/aromatic N) is 4. The van der Waals surface area contributed by atoms with E-state index in [1.807, 2.05) is 0 Å². The van der Waals surface area contributed by atoms with Gasteiger partial charge in [0.25, 0.3) is 5.91 Å². The first-order valence-corrected chi connectivity index (χ1v) is 11.2. The lowest BCUT2D eigenvalue weighted by atomic mass is 10.0. The standard InChI is InChI=1S/C22H25N7O4/c30-19-8-7-18(21(32)25-19)29-10-14-13(22(29)33)4-3-6-15(14)24-20(31)12-28-11-17(26-27-28)16-5-1-2-9-23-16/h3-4,6,11,16,18,23H,1-2,5,7-10,12H2,(H,24,31)(H,25,30,32). The Balaban J connectivity index is 1.26. The van der Waals surface area contributed by atoms with Crippen molar-refractivity contribution in [3.8, 4) is 0 Å². The second-order valence-electron chi connectivity index (χ2n) is 8.62. The average molecular weight is 451 g/mol. The number of hydrogen-bond donors (Lipinski definition) is 3. The van der Waals surface area contributed by atoms with E-state index in [0.717, 1.165) is 31.5 Å². The number of carbonyl (C=O) groups is 4. The van der Waals surface area contributed by atoms with Crippen molar-refractivity contribution in [2.45, 2.75) is 57.3 Å². The van der Waals surface area contributed by atoms with Gasteiger partial charge in [0.15, 0.2) is 0 Å². The number of amides is 4. The highest BCUT2D eigenvalue weighted by Gasteiger charge is 2.40. The highest BCUT2D eigenvalue weighted by atomic mass is 16.2. The zero-order chi connectivity index (χ0) is 22.9. The van der Waals surface area contributed by atoms with Crippen molar-refractivity contribution in [1.29, 1.82) is 0 Å². The molecule has 1 aromatic carbocycles. The van der Waals surface area contributed by atoms with Crippen molar-refractivity contribution >= 4 is 29.3 Å². The van der Waals surface area contributed by atoms with E-state index in [1.54, 1.807) is 24.4 Å². The van der Waals surface area contributed by atoms with Crippen molar-refractivity contribution in [2.75, 3.05) is 11.9 Å². The van der Waals surface area contributed by atoms with E-state index >= 15 is 0 Å². The maximum absolute atomic E-state index is 12.9. The second kappa shape index (κ2) is 8.74.